The van der Waals surface area contributed by atoms with Gasteiger partial charge >= 0.3 is 11.9 Å². The van der Waals surface area contributed by atoms with Gasteiger partial charge in [-0.2, -0.15) is 0 Å². The highest BCUT2D eigenvalue weighted by Crippen LogP contribution is 2.42. The lowest BCUT2D eigenvalue weighted by atomic mass is 10.1. The van der Waals surface area contributed by atoms with Crippen molar-refractivity contribution < 1.29 is 29.6 Å². The van der Waals surface area contributed by atoms with Gasteiger partial charge in [0.05, 0.1) is 17.7 Å². The Morgan fingerprint density at radius 1 is 0.955 bits per heavy atom. The zero-order valence-corrected chi connectivity index (χ0v) is 17.1. The average Bonchev–Trinajstić information content (AvgIpc) is 2.47. The number of hydrogen-bond acceptors (Lipinski definition) is 5. The summed E-state index contributed by atoms with van der Waals surface area (Å²) in [7, 11) is 0. The number of esters is 1. The molecule has 0 saturated carbocycles. The summed E-state index contributed by atoms with van der Waals surface area (Å²) in [5.41, 5.74) is -0.488. The van der Waals surface area contributed by atoms with Gasteiger partial charge in [-0.15, -0.1) is 0 Å². The smallest absolute Gasteiger partial charge is 0.340 e. The van der Waals surface area contributed by atoms with Crippen molar-refractivity contribution in [3.05, 3.63) is 29.0 Å². The first kappa shape index (κ1) is 20.0. The number of hydrogen-bond donors (Lipinski definition) is 3. The number of carboxylic acids is 1. The molecule has 10 heteroatoms. The summed E-state index contributed by atoms with van der Waals surface area (Å²) in [5.74, 6) is -2.25. The predicted octanol–water partition coefficient (Wildman–Crippen LogP) is 3.33. The summed E-state index contributed by atoms with van der Waals surface area (Å²) < 4.78 is 6.27. The van der Waals surface area contributed by atoms with Crippen molar-refractivity contribution >= 4 is 75.7 Å². The van der Waals surface area contributed by atoms with Crippen LogP contribution in [0.1, 0.15) is 27.1 Å². The fraction of sp³-hybridized carbons (Fsp3) is 0.333. The van der Waals surface area contributed by atoms with Gasteiger partial charge in [0.15, 0.2) is 0 Å². The van der Waals surface area contributed by atoms with Crippen LogP contribution in [0.2, 0.25) is 0 Å². The molecule has 0 spiro atoms. The normalized spacial score (nSPS) is 12.1. The van der Waals surface area contributed by atoms with E-state index in [1.807, 2.05) is 0 Å². The minimum absolute atomic E-state index is 0.0428. The third-order valence-electron chi connectivity index (χ3n) is 2.61. The summed E-state index contributed by atoms with van der Waals surface area (Å²) in [4.78, 5) is 23.7. The second-order valence-corrected chi connectivity index (χ2v) is 7.21. The molecule has 1 aromatic carbocycles. The Bertz CT molecular complexity index is 604. The van der Waals surface area contributed by atoms with Crippen molar-refractivity contribution in [1.82, 2.24) is 0 Å². The van der Waals surface area contributed by atoms with Crippen molar-refractivity contribution in [2.75, 3.05) is 13.2 Å². The standard InChI is InChI=1S/C12H10Br4O6/c13-7-5(11(19)20)6(8(14)10(16)9(7)15)12(21)22-4(3-18)1-2-17/h4,17-18H,1-3H2,(H,19,20). The number of carboxylic acid groups (broad SMARTS) is 1. The van der Waals surface area contributed by atoms with Crippen LogP contribution in [0.3, 0.4) is 0 Å². The highest BCUT2D eigenvalue weighted by atomic mass is 79.9. The molecule has 0 aliphatic heterocycles. The van der Waals surface area contributed by atoms with E-state index in [2.05, 4.69) is 63.7 Å². The Kier molecular flexibility index (Phi) is 7.96. The minimum Gasteiger partial charge on any atom is -0.478 e. The molecule has 3 N–H and O–H groups in total. The molecule has 0 aliphatic rings. The number of aliphatic hydroxyl groups is 2. The maximum Gasteiger partial charge on any atom is 0.340 e. The van der Waals surface area contributed by atoms with Crippen LogP contribution in [0.15, 0.2) is 17.9 Å². The van der Waals surface area contributed by atoms with Crippen LogP contribution in [0.25, 0.3) is 0 Å². The lowest BCUT2D eigenvalue weighted by Crippen LogP contribution is -2.25. The van der Waals surface area contributed by atoms with Gasteiger partial charge in [-0.25, -0.2) is 9.59 Å². The maximum atomic E-state index is 12.3. The van der Waals surface area contributed by atoms with Gasteiger partial charge in [0.25, 0.3) is 0 Å². The molecule has 1 atom stereocenters. The van der Waals surface area contributed by atoms with Gasteiger partial charge in [0.1, 0.15) is 6.10 Å². The largest absolute Gasteiger partial charge is 0.478 e. The highest BCUT2D eigenvalue weighted by molar-refractivity contribution is 9.15. The van der Waals surface area contributed by atoms with E-state index in [0.29, 0.717) is 8.95 Å². The van der Waals surface area contributed by atoms with E-state index in [-0.39, 0.29) is 33.1 Å². The van der Waals surface area contributed by atoms with Crippen molar-refractivity contribution in [3.8, 4) is 0 Å². The molecule has 0 bridgehead atoms. The van der Waals surface area contributed by atoms with E-state index in [1.165, 1.54) is 0 Å². The first-order valence-electron chi connectivity index (χ1n) is 5.78. The predicted molar refractivity (Wildman–Crippen MR) is 92.2 cm³/mol. The molecule has 122 valence electrons. The lowest BCUT2D eigenvalue weighted by Gasteiger charge is -2.18. The zero-order valence-electron chi connectivity index (χ0n) is 10.8. The topological polar surface area (TPSA) is 104 Å². The summed E-state index contributed by atoms with van der Waals surface area (Å²) in [6.45, 7) is -0.760. The van der Waals surface area contributed by atoms with Crippen molar-refractivity contribution in [2.45, 2.75) is 12.5 Å². The van der Waals surface area contributed by atoms with Crippen molar-refractivity contribution in [1.29, 1.82) is 0 Å². The number of carbonyl (C=O) groups excluding carboxylic acids is 1. The summed E-state index contributed by atoms with van der Waals surface area (Å²) in [6.07, 6.45) is -0.881. The van der Waals surface area contributed by atoms with E-state index in [0.717, 1.165) is 0 Å². The molecule has 0 fully saturated rings. The van der Waals surface area contributed by atoms with Crippen molar-refractivity contribution in [3.63, 3.8) is 0 Å². The number of halogens is 4. The molecule has 1 unspecified atom stereocenters. The lowest BCUT2D eigenvalue weighted by molar-refractivity contribution is 0.00627. The Balaban J connectivity index is 3.39. The summed E-state index contributed by atoms with van der Waals surface area (Å²) >= 11 is 12.7. The zero-order chi connectivity index (χ0) is 17.0. The third kappa shape index (κ3) is 4.30. The van der Waals surface area contributed by atoms with Gasteiger partial charge in [-0.05, 0) is 63.7 Å². The molecule has 0 aliphatic carbocycles. The van der Waals surface area contributed by atoms with E-state index in [1.54, 1.807) is 0 Å². The molecular weight excluding hydrogens is 560 g/mol. The maximum absolute atomic E-state index is 12.3. The van der Waals surface area contributed by atoms with Crippen LogP contribution in [0.4, 0.5) is 0 Å². The first-order chi connectivity index (χ1) is 10.3. The molecular formula is C12H10Br4O6. The van der Waals surface area contributed by atoms with Gasteiger partial charge in [-0.3, -0.25) is 0 Å². The van der Waals surface area contributed by atoms with E-state index in [4.69, 9.17) is 14.9 Å². The Hall–Kier alpha value is -0.000000000000000153. The Morgan fingerprint density at radius 2 is 1.45 bits per heavy atom. The molecule has 0 amide bonds. The molecule has 1 rings (SSSR count). The number of aromatic carboxylic acids is 1. The van der Waals surface area contributed by atoms with Crippen molar-refractivity contribution in [2.24, 2.45) is 0 Å². The molecule has 0 saturated heterocycles. The monoisotopic (exact) mass is 566 g/mol. The van der Waals surface area contributed by atoms with E-state index >= 15 is 0 Å². The van der Waals surface area contributed by atoms with Crippen LogP contribution in [-0.2, 0) is 4.74 Å². The molecule has 1 aromatic rings. The van der Waals surface area contributed by atoms with Gasteiger partial charge < -0.3 is 20.1 Å². The average molecular weight is 570 g/mol. The second kappa shape index (κ2) is 8.74. The molecule has 0 heterocycles. The number of rotatable bonds is 6. The van der Waals surface area contributed by atoms with Gasteiger partial charge in [-0.1, -0.05) is 0 Å². The van der Waals surface area contributed by atoms with E-state index < -0.39 is 24.6 Å². The number of aliphatic hydroxyl groups excluding tert-OH is 2. The highest BCUT2D eigenvalue weighted by Gasteiger charge is 2.30. The second-order valence-electron chi connectivity index (χ2n) is 4.03. The third-order valence-corrected chi connectivity index (χ3v) is 7.38. The number of carbonyl (C=O) groups is 2. The Morgan fingerprint density at radius 3 is 1.86 bits per heavy atom. The summed E-state index contributed by atoms with van der Waals surface area (Å²) in [6, 6.07) is 0. The fourth-order valence-electron chi connectivity index (χ4n) is 1.57. The number of benzene rings is 1. The SMILES string of the molecule is O=C(O)c1c(Br)c(Br)c(Br)c(Br)c1C(=O)OC(CO)CCO. The minimum atomic E-state index is -1.32. The van der Waals surface area contributed by atoms with Crippen LogP contribution in [0, 0.1) is 0 Å². The van der Waals surface area contributed by atoms with Crippen LogP contribution < -0.4 is 0 Å². The number of ether oxygens (including phenoxy) is 1. The summed E-state index contributed by atoms with van der Waals surface area (Å²) in [5, 5.41) is 27.3. The quantitative estimate of drug-likeness (QED) is 0.276. The molecule has 22 heavy (non-hydrogen) atoms. The van der Waals surface area contributed by atoms with Gasteiger partial charge in [0.2, 0.25) is 0 Å². The molecule has 6 nitrogen and oxygen atoms in total. The van der Waals surface area contributed by atoms with Crippen LogP contribution in [0.5, 0.6) is 0 Å². The van der Waals surface area contributed by atoms with Gasteiger partial charge in [0, 0.05) is 30.9 Å². The molecule has 0 aromatic heterocycles. The fourth-order valence-corrected chi connectivity index (χ4v) is 4.02. The van der Waals surface area contributed by atoms with Crippen LogP contribution in [-0.4, -0.2) is 46.6 Å². The molecule has 0 radical (unpaired) electrons. The first-order valence-corrected chi connectivity index (χ1v) is 8.95. The van der Waals surface area contributed by atoms with E-state index in [9.17, 15) is 14.7 Å². The Labute approximate surface area is 159 Å². The van der Waals surface area contributed by atoms with Crippen LogP contribution >= 0.6 is 63.7 Å².